The van der Waals surface area contributed by atoms with Crippen LogP contribution in [0.25, 0.3) is 0 Å². The van der Waals surface area contributed by atoms with Crippen LogP contribution in [0.2, 0.25) is 15.1 Å². The number of nitrogens with one attached hydrogen (secondary N) is 1. The Morgan fingerprint density at radius 1 is 1.06 bits per heavy atom. The monoisotopic (exact) mass is 520 g/mol. The van der Waals surface area contributed by atoms with Crippen molar-refractivity contribution >= 4 is 52.2 Å². The van der Waals surface area contributed by atoms with Crippen molar-refractivity contribution in [2.75, 3.05) is 5.32 Å². The van der Waals surface area contributed by atoms with E-state index in [0.29, 0.717) is 16.6 Å². The minimum Gasteiger partial charge on any atom is -0.464 e. The molecule has 34 heavy (non-hydrogen) atoms. The molecule has 174 valence electrons. The Hall–Kier alpha value is -3.60. The number of halogens is 3. The van der Waals surface area contributed by atoms with Gasteiger partial charge in [0.15, 0.2) is 24.0 Å². The van der Waals surface area contributed by atoms with E-state index in [2.05, 4.69) is 15.5 Å². The first-order chi connectivity index (χ1) is 16.3. The number of ether oxygens (including phenoxy) is 1. The van der Waals surface area contributed by atoms with Crippen molar-refractivity contribution in [2.24, 2.45) is 0 Å². The molecule has 0 saturated carbocycles. The van der Waals surface area contributed by atoms with Gasteiger partial charge < -0.3 is 10.1 Å². The molecular formula is C21H15Cl3N6O4. The molecule has 0 unspecified atom stereocenters. The average molecular weight is 522 g/mol. The summed E-state index contributed by atoms with van der Waals surface area (Å²) in [5.74, 6) is -0.296. The van der Waals surface area contributed by atoms with Crippen LogP contribution < -0.4 is 10.1 Å². The number of para-hydroxylation sites is 2. The Balaban J connectivity index is 1.40. The normalized spacial score (nSPS) is 10.8. The molecule has 0 spiro atoms. The Morgan fingerprint density at radius 3 is 2.62 bits per heavy atom. The zero-order valence-corrected chi connectivity index (χ0v) is 19.5. The molecule has 0 fully saturated rings. The quantitative estimate of drug-likeness (QED) is 0.249. The zero-order chi connectivity index (χ0) is 24.2. The standard InChI is InChI=1S/C21H15Cl3N6O4/c22-14-6-5-13(15(23)9-14)10-29-11-16(24)20(27-29)25-21(31)17-7-8-28(26-17)12-34-19-4-2-1-3-18(19)30(32)33/h1-9,11H,10,12H2,(H,25,27,31). The second kappa shape index (κ2) is 10.1. The van der Waals surface area contributed by atoms with Crippen molar-refractivity contribution in [1.29, 1.82) is 0 Å². The number of carbonyl (C=O) groups is 1. The zero-order valence-electron chi connectivity index (χ0n) is 17.2. The molecular weight excluding hydrogens is 507 g/mol. The fourth-order valence-corrected chi connectivity index (χ4v) is 3.65. The smallest absolute Gasteiger partial charge is 0.311 e. The summed E-state index contributed by atoms with van der Waals surface area (Å²) in [6, 6.07) is 12.6. The Bertz CT molecular complexity index is 1370. The average Bonchev–Trinajstić information content (AvgIpc) is 3.41. The predicted octanol–water partition coefficient (Wildman–Crippen LogP) is 5.29. The molecule has 0 aliphatic rings. The molecule has 0 atom stereocenters. The number of nitro groups is 1. The second-order valence-electron chi connectivity index (χ2n) is 6.95. The molecule has 0 radical (unpaired) electrons. The lowest BCUT2D eigenvalue weighted by Crippen LogP contribution is -2.15. The summed E-state index contributed by atoms with van der Waals surface area (Å²) in [5, 5.41) is 23.3. The van der Waals surface area contributed by atoms with Crippen LogP contribution in [-0.4, -0.2) is 30.4 Å². The number of anilines is 1. The molecule has 4 aromatic rings. The van der Waals surface area contributed by atoms with Crippen LogP contribution in [0.15, 0.2) is 60.9 Å². The summed E-state index contributed by atoms with van der Waals surface area (Å²) in [6.07, 6.45) is 3.06. The Morgan fingerprint density at radius 2 is 1.85 bits per heavy atom. The van der Waals surface area contributed by atoms with Crippen molar-refractivity contribution in [3.05, 3.63) is 97.4 Å². The molecule has 13 heteroatoms. The molecule has 1 amide bonds. The van der Waals surface area contributed by atoms with Crippen LogP contribution in [-0.2, 0) is 13.3 Å². The minimum atomic E-state index is -0.541. The van der Waals surface area contributed by atoms with Gasteiger partial charge in [-0.1, -0.05) is 53.0 Å². The number of hydrogen-bond donors (Lipinski definition) is 1. The first kappa shape index (κ1) is 23.6. The summed E-state index contributed by atoms with van der Waals surface area (Å²) >= 11 is 18.3. The van der Waals surface area contributed by atoms with Gasteiger partial charge in [-0.2, -0.15) is 10.2 Å². The lowest BCUT2D eigenvalue weighted by Gasteiger charge is -2.06. The summed E-state index contributed by atoms with van der Waals surface area (Å²) < 4.78 is 8.32. The summed E-state index contributed by atoms with van der Waals surface area (Å²) in [7, 11) is 0. The molecule has 2 aromatic heterocycles. The van der Waals surface area contributed by atoms with E-state index in [1.165, 1.54) is 39.8 Å². The van der Waals surface area contributed by atoms with Gasteiger partial charge in [0.25, 0.3) is 5.91 Å². The molecule has 2 aromatic carbocycles. The van der Waals surface area contributed by atoms with Crippen LogP contribution in [0.3, 0.4) is 0 Å². The van der Waals surface area contributed by atoms with Crippen molar-refractivity contribution in [1.82, 2.24) is 19.6 Å². The van der Waals surface area contributed by atoms with Crippen molar-refractivity contribution in [3.8, 4) is 5.75 Å². The summed E-state index contributed by atoms with van der Waals surface area (Å²) in [4.78, 5) is 23.1. The third kappa shape index (κ3) is 5.48. The third-order valence-corrected chi connectivity index (χ3v) is 5.45. The molecule has 0 bridgehead atoms. The van der Waals surface area contributed by atoms with E-state index in [-0.39, 0.29) is 34.7 Å². The number of nitrogens with zero attached hydrogens (tertiary/aromatic N) is 5. The molecule has 0 aliphatic carbocycles. The second-order valence-corrected chi connectivity index (χ2v) is 8.20. The molecule has 2 heterocycles. The number of hydrogen-bond acceptors (Lipinski definition) is 6. The highest BCUT2D eigenvalue weighted by Gasteiger charge is 2.17. The first-order valence-electron chi connectivity index (χ1n) is 9.68. The highest BCUT2D eigenvalue weighted by Crippen LogP contribution is 2.26. The van der Waals surface area contributed by atoms with E-state index >= 15 is 0 Å². The number of carbonyl (C=O) groups excluding carboxylic acids is 1. The molecule has 4 rings (SSSR count). The topological polar surface area (TPSA) is 117 Å². The maximum atomic E-state index is 12.6. The number of benzene rings is 2. The maximum absolute atomic E-state index is 12.6. The van der Waals surface area contributed by atoms with Gasteiger partial charge in [0.1, 0.15) is 5.02 Å². The van der Waals surface area contributed by atoms with E-state index in [1.807, 2.05) is 0 Å². The molecule has 0 aliphatic heterocycles. The highest BCUT2D eigenvalue weighted by molar-refractivity contribution is 6.35. The number of rotatable bonds is 8. The minimum absolute atomic E-state index is 0.0810. The first-order valence-corrected chi connectivity index (χ1v) is 10.8. The van der Waals surface area contributed by atoms with E-state index in [9.17, 15) is 14.9 Å². The van der Waals surface area contributed by atoms with Crippen LogP contribution >= 0.6 is 34.8 Å². The molecule has 10 nitrogen and oxygen atoms in total. The van der Waals surface area contributed by atoms with Crippen molar-refractivity contribution in [3.63, 3.8) is 0 Å². The third-order valence-electron chi connectivity index (χ3n) is 4.58. The fraction of sp³-hybridized carbons (Fsp3) is 0.0952. The predicted molar refractivity (Wildman–Crippen MR) is 127 cm³/mol. The van der Waals surface area contributed by atoms with E-state index in [4.69, 9.17) is 39.5 Å². The molecule has 0 saturated heterocycles. The van der Waals surface area contributed by atoms with Crippen LogP contribution in [0.4, 0.5) is 11.5 Å². The van der Waals surface area contributed by atoms with Gasteiger partial charge in [-0.25, -0.2) is 4.68 Å². The summed E-state index contributed by atoms with van der Waals surface area (Å²) in [5.41, 5.74) is 0.691. The van der Waals surface area contributed by atoms with E-state index in [1.54, 1.807) is 30.5 Å². The molecule has 1 N–H and O–H groups in total. The van der Waals surface area contributed by atoms with Gasteiger partial charge in [-0.3, -0.25) is 19.6 Å². The lowest BCUT2D eigenvalue weighted by molar-refractivity contribution is -0.386. The fourth-order valence-electron chi connectivity index (χ4n) is 2.98. The van der Waals surface area contributed by atoms with Gasteiger partial charge in [0.2, 0.25) is 0 Å². The van der Waals surface area contributed by atoms with Gasteiger partial charge in [0, 0.05) is 28.5 Å². The Labute approximate surface area is 207 Å². The van der Waals surface area contributed by atoms with Crippen LogP contribution in [0.1, 0.15) is 16.1 Å². The van der Waals surface area contributed by atoms with E-state index < -0.39 is 10.8 Å². The SMILES string of the molecule is O=C(Nc1nn(Cc2ccc(Cl)cc2Cl)cc1Cl)c1ccn(COc2ccccc2[N+](=O)[O-])n1. The number of amides is 1. The Kier molecular flexibility index (Phi) is 7.01. The maximum Gasteiger partial charge on any atom is 0.311 e. The largest absolute Gasteiger partial charge is 0.464 e. The highest BCUT2D eigenvalue weighted by atomic mass is 35.5. The van der Waals surface area contributed by atoms with Crippen molar-refractivity contribution in [2.45, 2.75) is 13.3 Å². The van der Waals surface area contributed by atoms with Crippen LogP contribution in [0, 0.1) is 10.1 Å². The number of nitro benzene ring substituents is 1. The van der Waals surface area contributed by atoms with Gasteiger partial charge >= 0.3 is 5.69 Å². The van der Waals surface area contributed by atoms with Gasteiger partial charge in [-0.15, -0.1) is 0 Å². The number of aromatic nitrogens is 4. The lowest BCUT2D eigenvalue weighted by atomic mass is 10.2. The van der Waals surface area contributed by atoms with Crippen molar-refractivity contribution < 1.29 is 14.5 Å². The van der Waals surface area contributed by atoms with Gasteiger partial charge in [0.05, 0.1) is 11.5 Å². The van der Waals surface area contributed by atoms with Crippen LogP contribution in [0.5, 0.6) is 5.75 Å². The van der Waals surface area contributed by atoms with E-state index in [0.717, 1.165) is 5.56 Å². The summed E-state index contributed by atoms with van der Waals surface area (Å²) in [6.45, 7) is 0.193. The van der Waals surface area contributed by atoms with Gasteiger partial charge in [-0.05, 0) is 29.8 Å².